The minimum absolute atomic E-state index is 0.222. The van der Waals surface area contributed by atoms with E-state index in [-0.39, 0.29) is 5.75 Å². The third kappa shape index (κ3) is 4.63. The van der Waals surface area contributed by atoms with Crippen LogP contribution in [0, 0.1) is 0 Å². The number of phenols is 1. The second-order valence-corrected chi connectivity index (χ2v) is 3.84. The van der Waals surface area contributed by atoms with Gasteiger partial charge in [0.25, 0.3) is 0 Å². The van der Waals surface area contributed by atoms with Crippen LogP contribution in [-0.4, -0.2) is 32.5 Å². The van der Waals surface area contributed by atoms with Crippen molar-refractivity contribution in [2.45, 2.75) is 19.4 Å². The molecule has 0 aromatic heterocycles. The molecular weight excluding hydrogens is 218 g/mol. The molecule has 4 nitrogen and oxygen atoms in total. The van der Waals surface area contributed by atoms with E-state index >= 15 is 0 Å². The third-order valence-corrected chi connectivity index (χ3v) is 2.57. The highest BCUT2D eigenvalue weighted by atomic mass is 16.5. The fraction of sp³-hybridized carbons (Fsp3) is 0.538. The molecule has 0 saturated carbocycles. The maximum absolute atomic E-state index is 9.84. The summed E-state index contributed by atoms with van der Waals surface area (Å²) in [5.74, 6) is 0.739. The van der Waals surface area contributed by atoms with Crippen molar-refractivity contribution in [2.75, 3.05) is 27.4 Å². The van der Waals surface area contributed by atoms with Gasteiger partial charge in [-0.25, -0.2) is 0 Å². The zero-order valence-electron chi connectivity index (χ0n) is 10.5. The molecule has 0 aliphatic carbocycles. The zero-order valence-corrected chi connectivity index (χ0v) is 10.5. The average Bonchev–Trinajstić information content (AvgIpc) is 2.35. The van der Waals surface area contributed by atoms with Gasteiger partial charge in [-0.05, 0) is 25.5 Å². The van der Waals surface area contributed by atoms with Gasteiger partial charge in [-0.2, -0.15) is 0 Å². The summed E-state index contributed by atoms with van der Waals surface area (Å²) >= 11 is 0. The zero-order chi connectivity index (χ0) is 12.5. The number of ether oxygens (including phenoxy) is 2. The largest absolute Gasteiger partial charge is 0.504 e. The smallest absolute Gasteiger partial charge is 0.162 e. The fourth-order valence-electron chi connectivity index (χ4n) is 1.59. The number of benzene rings is 1. The predicted molar refractivity (Wildman–Crippen MR) is 67.5 cm³/mol. The molecule has 0 aliphatic rings. The highest BCUT2D eigenvalue weighted by molar-refractivity contribution is 5.45. The highest BCUT2D eigenvalue weighted by Crippen LogP contribution is 2.28. The number of aromatic hydroxyl groups is 1. The van der Waals surface area contributed by atoms with Gasteiger partial charge in [0.15, 0.2) is 11.5 Å². The molecule has 0 saturated heterocycles. The lowest BCUT2D eigenvalue weighted by molar-refractivity contribution is 0.192. The summed E-state index contributed by atoms with van der Waals surface area (Å²) < 4.78 is 10.0. The van der Waals surface area contributed by atoms with Gasteiger partial charge in [0, 0.05) is 25.8 Å². The lowest BCUT2D eigenvalue weighted by Gasteiger charge is -2.09. The molecular formula is C13H21NO3. The van der Waals surface area contributed by atoms with E-state index in [4.69, 9.17) is 9.47 Å². The van der Waals surface area contributed by atoms with Crippen molar-refractivity contribution in [2.24, 2.45) is 0 Å². The summed E-state index contributed by atoms with van der Waals surface area (Å²) in [5.41, 5.74) is 0.857. The Bertz CT molecular complexity index is 328. The Kier molecular flexibility index (Phi) is 6.43. The molecule has 17 heavy (non-hydrogen) atoms. The van der Waals surface area contributed by atoms with Gasteiger partial charge in [-0.3, -0.25) is 0 Å². The fourth-order valence-corrected chi connectivity index (χ4v) is 1.59. The summed E-state index contributed by atoms with van der Waals surface area (Å²) in [5, 5.41) is 13.1. The van der Waals surface area contributed by atoms with E-state index in [1.165, 1.54) is 0 Å². The minimum Gasteiger partial charge on any atom is -0.504 e. The van der Waals surface area contributed by atoms with Gasteiger partial charge >= 0.3 is 0 Å². The number of hydrogen-bond acceptors (Lipinski definition) is 4. The van der Waals surface area contributed by atoms with Gasteiger partial charge in [0.05, 0.1) is 7.11 Å². The van der Waals surface area contributed by atoms with Crippen molar-refractivity contribution in [1.29, 1.82) is 0 Å². The minimum atomic E-state index is 0.222. The Hall–Kier alpha value is -1.26. The topological polar surface area (TPSA) is 50.7 Å². The van der Waals surface area contributed by atoms with Gasteiger partial charge in [-0.1, -0.05) is 12.1 Å². The Morgan fingerprint density at radius 3 is 2.76 bits per heavy atom. The Labute approximate surface area is 103 Å². The van der Waals surface area contributed by atoms with E-state index in [1.807, 2.05) is 12.1 Å². The molecule has 4 heteroatoms. The van der Waals surface area contributed by atoms with Crippen LogP contribution in [0.2, 0.25) is 0 Å². The van der Waals surface area contributed by atoms with Crippen LogP contribution >= 0.6 is 0 Å². The van der Waals surface area contributed by atoms with Gasteiger partial charge in [0.1, 0.15) is 0 Å². The second kappa shape index (κ2) is 7.92. The molecule has 0 heterocycles. The monoisotopic (exact) mass is 239 g/mol. The Morgan fingerprint density at radius 1 is 1.24 bits per heavy atom. The SMILES string of the molecule is COCCCCNCc1cccc(OC)c1O. The maximum Gasteiger partial charge on any atom is 0.162 e. The summed E-state index contributed by atoms with van der Waals surface area (Å²) in [7, 11) is 3.26. The van der Waals surface area contributed by atoms with Crippen LogP contribution in [-0.2, 0) is 11.3 Å². The van der Waals surface area contributed by atoms with Crippen molar-refractivity contribution in [1.82, 2.24) is 5.32 Å². The molecule has 0 spiro atoms. The molecule has 2 N–H and O–H groups in total. The standard InChI is InChI=1S/C13H21NO3/c1-16-9-4-3-8-14-10-11-6-5-7-12(17-2)13(11)15/h5-7,14-15H,3-4,8-10H2,1-2H3. The van der Waals surface area contributed by atoms with Crippen LogP contribution in [0.5, 0.6) is 11.5 Å². The van der Waals surface area contributed by atoms with Crippen molar-refractivity contribution >= 4 is 0 Å². The first-order valence-corrected chi connectivity index (χ1v) is 5.84. The second-order valence-electron chi connectivity index (χ2n) is 3.84. The number of rotatable bonds is 8. The average molecular weight is 239 g/mol. The van der Waals surface area contributed by atoms with Crippen LogP contribution < -0.4 is 10.1 Å². The predicted octanol–water partition coefficient (Wildman–Crippen LogP) is 1.92. The van der Waals surface area contributed by atoms with Gasteiger partial charge < -0.3 is 19.9 Å². The van der Waals surface area contributed by atoms with Crippen molar-refractivity contribution in [3.05, 3.63) is 23.8 Å². The number of methoxy groups -OCH3 is 2. The summed E-state index contributed by atoms with van der Waals surface area (Å²) in [4.78, 5) is 0. The van der Waals surface area contributed by atoms with Crippen molar-refractivity contribution in [3.63, 3.8) is 0 Å². The first kappa shape index (κ1) is 13.8. The van der Waals surface area contributed by atoms with Crippen LogP contribution in [0.25, 0.3) is 0 Å². The maximum atomic E-state index is 9.84. The summed E-state index contributed by atoms with van der Waals surface area (Å²) in [6.45, 7) is 2.36. The van der Waals surface area contributed by atoms with Crippen molar-refractivity contribution < 1.29 is 14.6 Å². The van der Waals surface area contributed by atoms with Crippen LogP contribution in [0.3, 0.4) is 0 Å². The van der Waals surface area contributed by atoms with E-state index in [2.05, 4.69) is 5.32 Å². The molecule has 0 unspecified atom stereocenters. The summed E-state index contributed by atoms with van der Waals surface area (Å²) in [6.07, 6.45) is 2.12. The molecule has 0 radical (unpaired) electrons. The van der Waals surface area contributed by atoms with E-state index in [0.717, 1.165) is 31.6 Å². The molecule has 0 amide bonds. The molecule has 96 valence electrons. The molecule has 0 atom stereocenters. The van der Waals surface area contributed by atoms with Gasteiger partial charge in [0.2, 0.25) is 0 Å². The van der Waals surface area contributed by atoms with E-state index in [1.54, 1.807) is 20.3 Å². The Morgan fingerprint density at radius 2 is 2.06 bits per heavy atom. The first-order valence-electron chi connectivity index (χ1n) is 5.84. The number of para-hydroxylation sites is 1. The van der Waals surface area contributed by atoms with Crippen LogP contribution in [0.1, 0.15) is 18.4 Å². The first-order chi connectivity index (χ1) is 8.29. The summed E-state index contributed by atoms with van der Waals surface area (Å²) in [6, 6.07) is 5.51. The molecule has 0 fully saturated rings. The van der Waals surface area contributed by atoms with E-state index < -0.39 is 0 Å². The molecule has 1 aromatic rings. The Balaban J connectivity index is 2.31. The number of phenolic OH excluding ortho intramolecular Hbond substituents is 1. The number of hydrogen-bond donors (Lipinski definition) is 2. The van der Waals surface area contributed by atoms with Crippen molar-refractivity contribution in [3.8, 4) is 11.5 Å². The molecule has 1 rings (SSSR count). The van der Waals surface area contributed by atoms with Crippen LogP contribution in [0.15, 0.2) is 18.2 Å². The molecule has 0 aliphatic heterocycles. The normalized spacial score (nSPS) is 10.5. The molecule has 1 aromatic carbocycles. The quantitative estimate of drug-likeness (QED) is 0.680. The third-order valence-electron chi connectivity index (χ3n) is 2.57. The van der Waals surface area contributed by atoms with E-state index in [9.17, 15) is 5.11 Å². The van der Waals surface area contributed by atoms with Crippen LogP contribution in [0.4, 0.5) is 0 Å². The number of nitrogens with one attached hydrogen (secondary N) is 1. The van der Waals surface area contributed by atoms with E-state index in [0.29, 0.717) is 12.3 Å². The lowest BCUT2D eigenvalue weighted by atomic mass is 10.2. The molecule has 0 bridgehead atoms. The highest BCUT2D eigenvalue weighted by Gasteiger charge is 2.05. The number of unbranched alkanes of at least 4 members (excludes halogenated alkanes) is 1. The lowest BCUT2D eigenvalue weighted by Crippen LogP contribution is -2.15. The van der Waals surface area contributed by atoms with Gasteiger partial charge in [-0.15, -0.1) is 0 Å².